The van der Waals surface area contributed by atoms with Crippen molar-refractivity contribution in [2.24, 2.45) is 0 Å². The van der Waals surface area contributed by atoms with Gasteiger partial charge in [0.15, 0.2) is 0 Å². The Morgan fingerprint density at radius 1 is 0.743 bits per heavy atom. The standard InChI is InChI=1S/C11H12O2.C6H10O3.C5H8O2.C4H6O2/c1-9(2)11(12)13-8-10-6-4-3-5-7-10;1-5(2)6(8)9-4-3-7;1-4(2)5(6)7-3;1-3(2)4(5)6/h3-7H,1,8H2,2H3;7H,1,3-4H2,2H3;1H2,2-3H3;1H2,2H3,(H,5,6). The molecule has 0 aliphatic carbocycles. The first-order valence-electron chi connectivity index (χ1n) is 10.1. The van der Waals surface area contributed by atoms with Crippen molar-refractivity contribution in [2.45, 2.75) is 34.3 Å². The number of aliphatic hydroxyl groups is 1. The molecular weight excluding hydrogens is 456 g/mol. The second-order valence-electron chi connectivity index (χ2n) is 6.84. The Labute approximate surface area is 207 Å². The van der Waals surface area contributed by atoms with Gasteiger partial charge in [0.25, 0.3) is 0 Å². The molecule has 1 aromatic rings. The second-order valence-corrected chi connectivity index (χ2v) is 6.84. The van der Waals surface area contributed by atoms with Gasteiger partial charge in [0.1, 0.15) is 13.2 Å². The lowest BCUT2D eigenvalue weighted by Gasteiger charge is -2.03. The number of methoxy groups -OCH3 is 1. The van der Waals surface area contributed by atoms with Crippen LogP contribution >= 0.6 is 0 Å². The molecule has 0 saturated heterocycles. The highest BCUT2D eigenvalue weighted by Crippen LogP contribution is 2.02. The van der Waals surface area contributed by atoms with E-state index in [1.54, 1.807) is 20.8 Å². The average Bonchev–Trinajstić information content (AvgIpc) is 2.81. The number of benzene rings is 1. The molecule has 9 nitrogen and oxygen atoms in total. The molecule has 194 valence electrons. The zero-order valence-corrected chi connectivity index (χ0v) is 21.1. The Kier molecular flexibility index (Phi) is 22.2. The van der Waals surface area contributed by atoms with Crippen molar-refractivity contribution >= 4 is 23.9 Å². The summed E-state index contributed by atoms with van der Waals surface area (Å²) < 4.78 is 13.7. The van der Waals surface area contributed by atoms with Gasteiger partial charge in [-0.25, -0.2) is 19.2 Å². The van der Waals surface area contributed by atoms with Gasteiger partial charge in [-0.15, -0.1) is 0 Å². The van der Waals surface area contributed by atoms with Crippen LogP contribution in [-0.2, 0) is 40.0 Å². The molecular formula is C26H36O9. The van der Waals surface area contributed by atoms with Crippen LogP contribution in [0.5, 0.6) is 0 Å². The first-order chi connectivity index (χ1) is 16.2. The maximum atomic E-state index is 11.0. The molecule has 0 spiro atoms. The summed E-state index contributed by atoms with van der Waals surface area (Å²) in [5.41, 5.74) is 2.37. The smallest absolute Gasteiger partial charge is 0.333 e. The number of carbonyl (C=O) groups is 4. The lowest BCUT2D eigenvalue weighted by atomic mass is 10.2. The number of aliphatic hydroxyl groups excluding tert-OH is 1. The minimum atomic E-state index is -0.935. The summed E-state index contributed by atoms with van der Waals surface area (Å²) in [4.78, 5) is 41.3. The van der Waals surface area contributed by atoms with Crippen molar-refractivity contribution in [3.05, 3.63) is 84.5 Å². The van der Waals surface area contributed by atoms with E-state index in [2.05, 4.69) is 35.8 Å². The van der Waals surface area contributed by atoms with E-state index in [1.165, 1.54) is 14.0 Å². The van der Waals surface area contributed by atoms with Gasteiger partial charge in [-0.3, -0.25) is 0 Å². The lowest BCUT2D eigenvalue weighted by Crippen LogP contribution is -2.08. The van der Waals surface area contributed by atoms with Gasteiger partial charge in [-0.05, 0) is 33.3 Å². The highest BCUT2D eigenvalue weighted by Gasteiger charge is 2.02. The summed E-state index contributed by atoms with van der Waals surface area (Å²) in [6, 6.07) is 9.55. The first kappa shape index (κ1) is 35.6. The third-order valence-electron chi connectivity index (χ3n) is 3.13. The van der Waals surface area contributed by atoms with Crippen LogP contribution < -0.4 is 0 Å². The van der Waals surface area contributed by atoms with E-state index in [9.17, 15) is 19.2 Å². The third-order valence-corrected chi connectivity index (χ3v) is 3.13. The van der Waals surface area contributed by atoms with Gasteiger partial charge in [0, 0.05) is 22.3 Å². The number of ether oxygens (including phenoxy) is 3. The van der Waals surface area contributed by atoms with Gasteiger partial charge in [0.05, 0.1) is 13.7 Å². The van der Waals surface area contributed by atoms with Crippen LogP contribution in [0.25, 0.3) is 0 Å². The fraction of sp³-hybridized carbons (Fsp3) is 0.308. The van der Waals surface area contributed by atoms with E-state index < -0.39 is 11.9 Å². The first-order valence-corrected chi connectivity index (χ1v) is 10.1. The number of carboxylic acids is 1. The molecule has 9 heteroatoms. The molecule has 0 saturated carbocycles. The summed E-state index contributed by atoms with van der Waals surface area (Å²) in [5.74, 6) is -2.08. The molecule has 1 aromatic carbocycles. The topological polar surface area (TPSA) is 136 Å². The minimum Gasteiger partial charge on any atom is -0.478 e. The number of hydrogen-bond donors (Lipinski definition) is 2. The van der Waals surface area contributed by atoms with Gasteiger partial charge in [-0.1, -0.05) is 56.6 Å². The number of aliphatic carboxylic acids is 1. The van der Waals surface area contributed by atoms with Crippen LogP contribution in [0.3, 0.4) is 0 Å². The van der Waals surface area contributed by atoms with E-state index in [-0.39, 0.29) is 30.7 Å². The van der Waals surface area contributed by atoms with Crippen molar-refractivity contribution in [2.75, 3.05) is 20.3 Å². The maximum Gasteiger partial charge on any atom is 0.333 e. The normalized spacial score (nSPS) is 8.51. The van der Waals surface area contributed by atoms with Crippen molar-refractivity contribution in [3.63, 3.8) is 0 Å². The zero-order valence-electron chi connectivity index (χ0n) is 21.1. The number of carbonyl (C=O) groups excluding carboxylic acids is 3. The molecule has 2 N–H and O–H groups in total. The Morgan fingerprint density at radius 2 is 1.14 bits per heavy atom. The fourth-order valence-corrected chi connectivity index (χ4v) is 1.28. The third kappa shape index (κ3) is 24.5. The van der Waals surface area contributed by atoms with Crippen molar-refractivity contribution < 1.29 is 43.6 Å². The second kappa shape index (κ2) is 21.8. The fourth-order valence-electron chi connectivity index (χ4n) is 1.28. The van der Waals surface area contributed by atoms with Gasteiger partial charge in [0.2, 0.25) is 0 Å². The molecule has 0 unspecified atom stereocenters. The summed E-state index contributed by atoms with van der Waals surface area (Å²) in [5, 5.41) is 16.1. The Morgan fingerprint density at radius 3 is 1.43 bits per heavy atom. The molecule has 0 aliphatic heterocycles. The van der Waals surface area contributed by atoms with Crippen molar-refractivity contribution in [3.8, 4) is 0 Å². The van der Waals surface area contributed by atoms with Gasteiger partial charge < -0.3 is 24.4 Å². The Balaban J connectivity index is -0.000000411. The molecule has 0 amide bonds. The van der Waals surface area contributed by atoms with Crippen LogP contribution in [0.4, 0.5) is 0 Å². The number of hydrogen-bond acceptors (Lipinski definition) is 8. The van der Waals surface area contributed by atoms with Crippen LogP contribution in [-0.4, -0.2) is 54.4 Å². The molecule has 0 bridgehead atoms. The van der Waals surface area contributed by atoms with Crippen molar-refractivity contribution in [1.82, 2.24) is 0 Å². The average molecular weight is 493 g/mol. The number of rotatable bonds is 8. The summed E-state index contributed by atoms with van der Waals surface area (Å²) >= 11 is 0. The SMILES string of the molecule is C=C(C)C(=O)O.C=C(C)C(=O)OC.C=C(C)C(=O)OCCO.C=C(C)C(=O)OCc1ccccc1. The molecule has 1 rings (SSSR count). The molecule has 0 radical (unpaired) electrons. The van der Waals surface area contributed by atoms with Crippen LogP contribution in [0.2, 0.25) is 0 Å². The van der Waals surface area contributed by atoms with E-state index in [0.717, 1.165) is 5.56 Å². The van der Waals surface area contributed by atoms with Gasteiger partial charge in [-0.2, -0.15) is 0 Å². The predicted octanol–water partition coefficient (Wildman–Crippen LogP) is 3.79. The molecule has 0 aromatic heterocycles. The summed E-state index contributed by atoms with van der Waals surface area (Å²) in [6.07, 6.45) is 0. The van der Waals surface area contributed by atoms with E-state index in [0.29, 0.717) is 23.3 Å². The van der Waals surface area contributed by atoms with Crippen molar-refractivity contribution in [1.29, 1.82) is 0 Å². The monoisotopic (exact) mass is 492 g/mol. The quantitative estimate of drug-likeness (QED) is 0.315. The molecule has 0 atom stereocenters. The lowest BCUT2D eigenvalue weighted by molar-refractivity contribution is -0.140. The zero-order chi connectivity index (χ0) is 28.0. The molecule has 0 aliphatic rings. The van der Waals surface area contributed by atoms with E-state index in [4.69, 9.17) is 14.9 Å². The van der Waals surface area contributed by atoms with E-state index >= 15 is 0 Å². The predicted molar refractivity (Wildman–Crippen MR) is 133 cm³/mol. The Hall–Kier alpha value is -3.98. The van der Waals surface area contributed by atoms with Crippen LogP contribution in [0.15, 0.2) is 78.9 Å². The summed E-state index contributed by atoms with van der Waals surface area (Å²) in [6.45, 7) is 19.8. The minimum absolute atomic E-state index is 0.0473. The van der Waals surface area contributed by atoms with Crippen LogP contribution in [0.1, 0.15) is 33.3 Å². The maximum absolute atomic E-state index is 11.0. The molecule has 35 heavy (non-hydrogen) atoms. The van der Waals surface area contributed by atoms with Crippen LogP contribution in [0, 0.1) is 0 Å². The Bertz CT molecular complexity index is 856. The highest BCUT2D eigenvalue weighted by molar-refractivity contribution is 5.87. The molecule has 0 fully saturated rings. The molecule has 0 heterocycles. The summed E-state index contributed by atoms with van der Waals surface area (Å²) in [7, 11) is 1.33. The van der Waals surface area contributed by atoms with E-state index in [1.807, 2.05) is 30.3 Å². The number of esters is 3. The highest BCUT2D eigenvalue weighted by atomic mass is 16.5. The van der Waals surface area contributed by atoms with Gasteiger partial charge >= 0.3 is 23.9 Å². The number of carboxylic acid groups (broad SMARTS) is 1. The largest absolute Gasteiger partial charge is 0.478 e.